The van der Waals surface area contributed by atoms with Crippen molar-refractivity contribution in [3.8, 4) is 22.8 Å². The zero-order valence-electron chi connectivity index (χ0n) is 17.7. The van der Waals surface area contributed by atoms with Gasteiger partial charge in [0, 0.05) is 30.2 Å². The molecule has 0 unspecified atom stereocenters. The highest BCUT2D eigenvalue weighted by molar-refractivity contribution is 7.71. The van der Waals surface area contributed by atoms with Crippen LogP contribution in [0.15, 0.2) is 54.6 Å². The van der Waals surface area contributed by atoms with Gasteiger partial charge in [-0.2, -0.15) is 0 Å². The average molecular weight is 450 g/mol. The van der Waals surface area contributed by atoms with Crippen molar-refractivity contribution in [2.24, 2.45) is 0 Å². The Hall–Kier alpha value is -3.85. The Morgan fingerprint density at radius 3 is 2.56 bits per heavy atom. The summed E-state index contributed by atoms with van der Waals surface area (Å²) in [5, 5.41) is 3.58. The van der Waals surface area contributed by atoms with E-state index in [1.807, 2.05) is 36.4 Å². The molecule has 1 amide bonds. The number of aromatic nitrogens is 3. The van der Waals surface area contributed by atoms with E-state index in [1.54, 1.807) is 37.0 Å². The lowest BCUT2D eigenvalue weighted by Gasteiger charge is -2.15. The summed E-state index contributed by atoms with van der Waals surface area (Å²) in [7, 11) is 3.11. The van der Waals surface area contributed by atoms with Crippen molar-refractivity contribution in [2.45, 2.75) is 6.54 Å². The highest BCUT2D eigenvalue weighted by Gasteiger charge is 2.13. The number of benzene rings is 2. The van der Waals surface area contributed by atoms with E-state index in [9.17, 15) is 4.79 Å². The molecule has 0 atom stereocenters. The summed E-state index contributed by atoms with van der Waals surface area (Å²) in [6.07, 6.45) is 0. The Kier molecular flexibility index (Phi) is 6.09. The number of amides is 1. The second kappa shape index (κ2) is 9.11. The number of nitrogen functional groups attached to an aromatic ring is 1. The maximum absolute atomic E-state index is 12.6. The van der Waals surface area contributed by atoms with Gasteiger partial charge >= 0.3 is 0 Å². The molecule has 4 rings (SSSR count). The van der Waals surface area contributed by atoms with E-state index in [0.717, 1.165) is 11.3 Å². The van der Waals surface area contributed by atoms with Crippen LogP contribution in [0.4, 0.5) is 5.82 Å². The van der Waals surface area contributed by atoms with Gasteiger partial charge in [0.05, 0.1) is 19.7 Å². The molecule has 0 aliphatic carbocycles. The van der Waals surface area contributed by atoms with E-state index >= 15 is 0 Å². The number of nitrogens with zero attached hydrogens (tertiary/aromatic N) is 2. The lowest BCUT2D eigenvalue weighted by atomic mass is 10.2. The normalized spacial score (nSPS) is 10.8. The van der Waals surface area contributed by atoms with Gasteiger partial charge in [0.2, 0.25) is 4.77 Å². The highest BCUT2D eigenvalue weighted by atomic mass is 32.1. The number of H-pyrrole nitrogens is 1. The van der Waals surface area contributed by atoms with Crippen LogP contribution in [0.25, 0.3) is 22.2 Å². The number of methoxy groups -OCH3 is 2. The van der Waals surface area contributed by atoms with Gasteiger partial charge in [0.15, 0.2) is 11.5 Å². The van der Waals surface area contributed by atoms with Crippen molar-refractivity contribution < 1.29 is 14.3 Å². The molecule has 2 heterocycles. The fourth-order valence-corrected chi connectivity index (χ4v) is 3.77. The maximum atomic E-state index is 12.6. The molecule has 0 aliphatic heterocycles. The Labute approximate surface area is 190 Å². The van der Waals surface area contributed by atoms with E-state index in [4.69, 9.17) is 27.4 Å². The van der Waals surface area contributed by atoms with Crippen molar-refractivity contribution in [3.63, 3.8) is 0 Å². The molecule has 0 aliphatic rings. The summed E-state index contributed by atoms with van der Waals surface area (Å²) in [4.78, 5) is 20.2. The number of aromatic amines is 1. The van der Waals surface area contributed by atoms with Gasteiger partial charge in [-0.15, -0.1) is 0 Å². The van der Waals surface area contributed by atoms with Crippen LogP contribution in [0.5, 0.6) is 11.5 Å². The summed E-state index contributed by atoms with van der Waals surface area (Å²) in [6.45, 7) is 0.706. The van der Waals surface area contributed by atoms with E-state index < -0.39 is 0 Å². The number of hydrogen-bond donors (Lipinski definition) is 3. The highest BCUT2D eigenvalue weighted by Crippen LogP contribution is 2.33. The van der Waals surface area contributed by atoms with Crippen LogP contribution in [0.2, 0.25) is 0 Å². The first-order valence-corrected chi connectivity index (χ1v) is 10.4. The second-order valence-corrected chi connectivity index (χ2v) is 7.43. The van der Waals surface area contributed by atoms with Crippen LogP contribution in [0.1, 0.15) is 10.5 Å². The first kappa shape index (κ1) is 21.4. The van der Waals surface area contributed by atoms with Crippen molar-refractivity contribution >= 4 is 34.8 Å². The van der Waals surface area contributed by atoms with Crippen molar-refractivity contribution in [2.75, 3.05) is 26.5 Å². The molecule has 4 N–H and O–H groups in total. The first-order chi connectivity index (χ1) is 15.5. The van der Waals surface area contributed by atoms with E-state index in [-0.39, 0.29) is 5.91 Å². The van der Waals surface area contributed by atoms with Gasteiger partial charge in [0.25, 0.3) is 5.91 Å². The molecule has 0 bridgehead atoms. The SMILES string of the molecule is COc1cc2nc(=S)n(CCNC(=O)c3ccc(-c4ccccc4)[nH]3)c(N)c2cc1OC. The Bertz CT molecular complexity index is 1330. The number of fused-ring (bicyclic) bond motifs is 1. The molecule has 4 aromatic rings. The summed E-state index contributed by atoms with van der Waals surface area (Å²) in [5.41, 5.74) is 9.36. The molecule has 2 aromatic heterocycles. The molecular formula is C23H23N5O3S. The lowest BCUT2D eigenvalue weighted by Crippen LogP contribution is -2.28. The number of hydrogen-bond acceptors (Lipinski definition) is 6. The van der Waals surface area contributed by atoms with Gasteiger partial charge in [0.1, 0.15) is 11.5 Å². The van der Waals surface area contributed by atoms with Crippen LogP contribution in [-0.2, 0) is 6.54 Å². The standard InChI is InChI=1S/C23H23N5O3S/c1-30-19-12-15-18(13-20(19)31-2)27-23(32)28(21(15)24)11-10-25-22(29)17-9-8-16(26-17)14-6-4-3-5-7-14/h3-9,12-13,26H,10-11,24H2,1-2H3,(H,25,29). The minimum Gasteiger partial charge on any atom is -0.493 e. The molecule has 32 heavy (non-hydrogen) atoms. The number of nitrogens with one attached hydrogen (secondary N) is 2. The third-order valence-electron chi connectivity index (χ3n) is 5.15. The Morgan fingerprint density at radius 2 is 1.84 bits per heavy atom. The molecule has 9 heteroatoms. The van der Waals surface area contributed by atoms with Crippen molar-refractivity contribution in [1.29, 1.82) is 0 Å². The second-order valence-electron chi connectivity index (χ2n) is 7.06. The number of anilines is 1. The summed E-state index contributed by atoms with van der Waals surface area (Å²) >= 11 is 5.42. The van der Waals surface area contributed by atoms with Crippen LogP contribution in [-0.4, -0.2) is 41.2 Å². The van der Waals surface area contributed by atoms with Gasteiger partial charge in [-0.3, -0.25) is 4.79 Å². The van der Waals surface area contributed by atoms with Gasteiger partial charge in [-0.25, -0.2) is 4.98 Å². The fourth-order valence-electron chi connectivity index (χ4n) is 3.48. The summed E-state index contributed by atoms with van der Waals surface area (Å²) in [5.74, 6) is 1.33. The van der Waals surface area contributed by atoms with E-state index in [1.165, 1.54) is 0 Å². The number of rotatable bonds is 7. The maximum Gasteiger partial charge on any atom is 0.267 e. The lowest BCUT2D eigenvalue weighted by molar-refractivity contribution is 0.0948. The number of carbonyl (C=O) groups is 1. The van der Waals surface area contributed by atoms with E-state index in [0.29, 0.717) is 51.8 Å². The first-order valence-electron chi connectivity index (χ1n) is 9.96. The number of carbonyl (C=O) groups excluding carboxylic acids is 1. The summed E-state index contributed by atoms with van der Waals surface area (Å²) < 4.78 is 12.7. The molecule has 0 radical (unpaired) electrons. The monoisotopic (exact) mass is 449 g/mol. The number of ether oxygens (including phenoxy) is 2. The van der Waals surface area contributed by atoms with Crippen LogP contribution < -0.4 is 20.5 Å². The van der Waals surface area contributed by atoms with Gasteiger partial charge in [-0.05, 0) is 36.0 Å². The van der Waals surface area contributed by atoms with Crippen molar-refractivity contribution in [3.05, 3.63) is 65.1 Å². The molecular weight excluding hydrogens is 426 g/mol. The minimum absolute atomic E-state index is 0.211. The zero-order valence-corrected chi connectivity index (χ0v) is 18.5. The number of nitrogens with two attached hydrogens (primary N) is 1. The predicted molar refractivity (Wildman–Crippen MR) is 127 cm³/mol. The third kappa shape index (κ3) is 4.15. The molecule has 0 fully saturated rings. The molecule has 2 aromatic carbocycles. The molecule has 0 saturated heterocycles. The topological polar surface area (TPSA) is 107 Å². The Morgan fingerprint density at radius 1 is 1.12 bits per heavy atom. The predicted octanol–water partition coefficient (Wildman–Crippen LogP) is 3.79. The van der Waals surface area contributed by atoms with Crippen LogP contribution in [0, 0.1) is 4.77 Å². The van der Waals surface area contributed by atoms with E-state index in [2.05, 4.69) is 15.3 Å². The van der Waals surface area contributed by atoms with Crippen molar-refractivity contribution in [1.82, 2.24) is 19.9 Å². The van der Waals surface area contributed by atoms with Gasteiger partial charge in [-0.1, -0.05) is 30.3 Å². The zero-order chi connectivity index (χ0) is 22.7. The Balaban J connectivity index is 1.49. The quantitative estimate of drug-likeness (QED) is 0.371. The summed E-state index contributed by atoms with van der Waals surface area (Å²) in [6, 6.07) is 17.0. The van der Waals surface area contributed by atoms with Crippen LogP contribution >= 0.6 is 12.2 Å². The van der Waals surface area contributed by atoms with Crippen LogP contribution in [0.3, 0.4) is 0 Å². The molecule has 8 nitrogen and oxygen atoms in total. The average Bonchev–Trinajstić information content (AvgIpc) is 3.31. The fraction of sp³-hybridized carbons (Fsp3) is 0.174. The third-order valence-corrected chi connectivity index (χ3v) is 5.46. The smallest absolute Gasteiger partial charge is 0.267 e. The molecule has 0 saturated carbocycles. The minimum atomic E-state index is -0.211. The molecule has 164 valence electrons. The largest absolute Gasteiger partial charge is 0.493 e. The van der Waals surface area contributed by atoms with Gasteiger partial charge < -0.3 is 30.1 Å². The molecule has 0 spiro atoms.